The summed E-state index contributed by atoms with van der Waals surface area (Å²) in [5, 5.41) is 17.9. The van der Waals surface area contributed by atoms with Gasteiger partial charge < -0.3 is 14.9 Å². The number of carbonyl (C=O) groups is 1. The number of nitrogens with zero attached hydrogens (tertiary/aromatic N) is 1. The molecule has 0 radical (unpaired) electrons. The zero-order valence-corrected chi connectivity index (χ0v) is 9.87. The number of hydrogen-bond donors (Lipinski definition) is 2. The fraction of sp³-hybridized carbons (Fsp3) is 0.385. The second kappa shape index (κ2) is 5.53. The van der Waals surface area contributed by atoms with E-state index < -0.39 is 5.97 Å². The minimum absolute atomic E-state index is 0.0394. The summed E-state index contributed by atoms with van der Waals surface area (Å²) >= 11 is 0. The molecule has 1 aromatic carbocycles. The van der Waals surface area contributed by atoms with Crippen molar-refractivity contribution >= 4 is 11.9 Å². The summed E-state index contributed by atoms with van der Waals surface area (Å²) in [7, 11) is 0. The molecule has 1 atom stereocenters. The Morgan fingerprint density at radius 1 is 1.50 bits per heavy atom. The summed E-state index contributed by atoms with van der Waals surface area (Å²) in [6.45, 7) is 0.546. The maximum Gasteiger partial charge on any atom is 0.303 e. The first kappa shape index (κ1) is 12.4. The fourth-order valence-corrected chi connectivity index (χ4v) is 1.87. The molecule has 0 amide bonds. The zero-order valence-electron chi connectivity index (χ0n) is 9.87. The van der Waals surface area contributed by atoms with Crippen LogP contribution in [0.5, 0.6) is 5.75 Å². The Kier molecular flexibility index (Phi) is 3.82. The summed E-state index contributed by atoms with van der Waals surface area (Å²) in [4.78, 5) is 14.6. The third kappa shape index (κ3) is 3.48. The van der Waals surface area contributed by atoms with E-state index in [2.05, 4.69) is 4.99 Å². The van der Waals surface area contributed by atoms with Crippen LogP contribution in [-0.2, 0) is 16.0 Å². The number of aliphatic carboxylic acids is 1. The first-order chi connectivity index (χ1) is 8.63. The van der Waals surface area contributed by atoms with Gasteiger partial charge in [-0.15, -0.1) is 0 Å². The van der Waals surface area contributed by atoms with Crippen LogP contribution in [0.2, 0.25) is 0 Å². The van der Waals surface area contributed by atoms with Gasteiger partial charge in [-0.1, -0.05) is 12.1 Å². The van der Waals surface area contributed by atoms with Gasteiger partial charge in [0.1, 0.15) is 11.9 Å². The zero-order chi connectivity index (χ0) is 13.0. The van der Waals surface area contributed by atoms with Crippen molar-refractivity contribution in [2.45, 2.75) is 25.4 Å². The summed E-state index contributed by atoms with van der Waals surface area (Å²) in [5.74, 6) is -0.0993. The van der Waals surface area contributed by atoms with Crippen LogP contribution < -0.4 is 0 Å². The van der Waals surface area contributed by atoms with E-state index in [-0.39, 0.29) is 18.3 Å². The molecule has 1 heterocycles. The monoisotopic (exact) mass is 249 g/mol. The molecule has 0 saturated carbocycles. The van der Waals surface area contributed by atoms with Gasteiger partial charge in [0.25, 0.3) is 0 Å². The molecular weight excluding hydrogens is 234 g/mol. The van der Waals surface area contributed by atoms with Crippen molar-refractivity contribution in [1.29, 1.82) is 0 Å². The molecule has 5 heteroatoms. The molecule has 96 valence electrons. The molecule has 1 aliphatic rings. The van der Waals surface area contributed by atoms with Crippen LogP contribution in [0.3, 0.4) is 0 Å². The van der Waals surface area contributed by atoms with E-state index in [9.17, 15) is 9.90 Å². The van der Waals surface area contributed by atoms with E-state index >= 15 is 0 Å². The minimum atomic E-state index is -0.849. The molecule has 1 aromatic rings. The van der Waals surface area contributed by atoms with Gasteiger partial charge in [0, 0.05) is 12.8 Å². The van der Waals surface area contributed by atoms with Crippen LogP contribution in [0.15, 0.2) is 29.3 Å². The van der Waals surface area contributed by atoms with E-state index in [4.69, 9.17) is 9.84 Å². The molecule has 0 bridgehead atoms. The Balaban J connectivity index is 1.82. The minimum Gasteiger partial charge on any atom is -0.508 e. The van der Waals surface area contributed by atoms with Crippen LogP contribution >= 0.6 is 0 Å². The number of rotatable bonds is 5. The SMILES string of the molecule is O=C(O)CCC1=NCC(Cc2cccc(O)c2)O1. The largest absolute Gasteiger partial charge is 0.508 e. The van der Waals surface area contributed by atoms with Gasteiger partial charge in [-0.3, -0.25) is 9.79 Å². The number of hydrogen-bond acceptors (Lipinski definition) is 4. The molecule has 5 nitrogen and oxygen atoms in total. The lowest BCUT2D eigenvalue weighted by Gasteiger charge is -2.11. The van der Waals surface area contributed by atoms with E-state index in [1.165, 1.54) is 0 Å². The number of aliphatic imine (C=N–C) groups is 1. The van der Waals surface area contributed by atoms with Crippen molar-refractivity contribution in [3.63, 3.8) is 0 Å². The van der Waals surface area contributed by atoms with E-state index in [0.29, 0.717) is 25.3 Å². The first-order valence-corrected chi connectivity index (χ1v) is 5.83. The van der Waals surface area contributed by atoms with Gasteiger partial charge in [-0.05, 0) is 17.7 Å². The molecule has 1 aliphatic heterocycles. The predicted molar refractivity (Wildman–Crippen MR) is 65.9 cm³/mol. The van der Waals surface area contributed by atoms with Crippen molar-refractivity contribution < 1.29 is 19.7 Å². The number of aromatic hydroxyl groups is 1. The molecule has 1 unspecified atom stereocenters. The smallest absolute Gasteiger partial charge is 0.303 e. The van der Waals surface area contributed by atoms with E-state index in [1.807, 2.05) is 6.07 Å². The summed E-state index contributed by atoms with van der Waals surface area (Å²) in [6, 6.07) is 7.01. The van der Waals surface area contributed by atoms with Gasteiger partial charge in [0.15, 0.2) is 5.90 Å². The Morgan fingerprint density at radius 2 is 2.33 bits per heavy atom. The number of phenols is 1. The molecule has 0 spiro atoms. The average Bonchev–Trinajstić information content (AvgIpc) is 2.74. The van der Waals surface area contributed by atoms with Gasteiger partial charge in [0.2, 0.25) is 0 Å². The third-order valence-electron chi connectivity index (χ3n) is 2.70. The van der Waals surface area contributed by atoms with Crippen molar-refractivity contribution in [1.82, 2.24) is 0 Å². The van der Waals surface area contributed by atoms with Crippen LogP contribution in [0, 0.1) is 0 Å². The van der Waals surface area contributed by atoms with Crippen LogP contribution in [0.4, 0.5) is 0 Å². The highest BCUT2D eigenvalue weighted by Crippen LogP contribution is 2.17. The highest BCUT2D eigenvalue weighted by atomic mass is 16.5. The number of ether oxygens (including phenoxy) is 1. The molecule has 2 rings (SSSR count). The van der Waals surface area contributed by atoms with Gasteiger partial charge >= 0.3 is 5.97 Å². The average molecular weight is 249 g/mol. The maximum absolute atomic E-state index is 10.4. The predicted octanol–water partition coefficient (Wildman–Crippen LogP) is 1.60. The van der Waals surface area contributed by atoms with Crippen molar-refractivity contribution in [3.05, 3.63) is 29.8 Å². The number of carboxylic acids is 1. The van der Waals surface area contributed by atoms with Crippen molar-refractivity contribution in [2.24, 2.45) is 4.99 Å². The van der Waals surface area contributed by atoms with Gasteiger partial charge in [-0.2, -0.15) is 0 Å². The molecule has 0 aliphatic carbocycles. The van der Waals surface area contributed by atoms with E-state index in [1.54, 1.807) is 18.2 Å². The van der Waals surface area contributed by atoms with Crippen LogP contribution in [0.25, 0.3) is 0 Å². The first-order valence-electron chi connectivity index (χ1n) is 5.83. The Labute approximate surface area is 105 Å². The topological polar surface area (TPSA) is 79.1 Å². The Morgan fingerprint density at radius 3 is 3.06 bits per heavy atom. The van der Waals surface area contributed by atoms with Gasteiger partial charge in [-0.25, -0.2) is 0 Å². The molecule has 0 saturated heterocycles. The quantitative estimate of drug-likeness (QED) is 0.830. The molecule has 2 N–H and O–H groups in total. The second-order valence-electron chi connectivity index (χ2n) is 4.24. The Hall–Kier alpha value is -2.04. The van der Waals surface area contributed by atoms with Crippen molar-refractivity contribution in [2.75, 3.05) is 6.54 Å². The number of carboxylic acid groups (broad SMARTS) is 1. The lowest BCUT2D eigenvalue weighted by Crippen LogP contribution is -2.16. The molecule has 0 fully saturated rings. The summed E-state index contributed by atoms with van der Waals surface area (Å²) in [6.07, 6.45) is 0.980. The Bertz CT molecular complexity index is 470. The van der Waals surface area contributed by atoms with Crippen LogP contribution in [0.1, 0.15) is 18.4 Å². The molecule has 0 aromatic heterocycles. The van der Waals surface area contributed by atoms with Crippen molar-refractivity contribution in [3.8, 4) is 5.75 Å². The summed E-state index contributed by atoms with van der Waals surface area (Å²) in [5.41, 5.74) is 0.981. The molecular formula is C13H15NO4. The fourth-order valence-electron chi connectivity index (χ4n) is 1.87. The highest BCUT2D eigenvalue weighted by molar-refractivity contribution is 5.81. The van der Waals surface area contributed by atoms with E-state index in [0.717, 1.165) is 5.56 Å². The normalized spacial score (nSPS) is 18.2. The lowest BCUT2D eigenvalue weighted by molar-refractivity contribution is -0.136. The van der Waals surface area contributed by atoms with Crippen LogP contribution in [-0.4, -0.2) is 34.7 Å². The number of benzene rings is 1. The van der Waals surface area contributed by atoms with Gasteiger partial charge in [0.05, 0.1) is 13.0 Å². The maximum atomic E-state index is 10.4. The summed E-state index contributed by atoms with van der Waals surface area (Å²) < 4.78 is 5.56. The highest BCUT2D eigenvalue weighted by Gasteiger charge is 2.20. The third-order valence-corrected chi connectivity index (χ3v) is 2.70. The molecule has 18 heavy (non-hydrogen) atoms. The lowest BCUT2D eigenvalue weighted by atomic mass is 10.1. The number of phenolic OH excluding ortho intramolecular Hbond substituents is 1. The second-order valence-corrected chi connectivity index (χ2v) is 4.24. The standard InChI is InChI=1S/C13H15NO4/c15-10-3-1-2-9(6-10)7-11-8-14-12(18-11)4-5-13(16)17/h1-3,6,11,15H,4-5,7-8H2,(H,16,17).